The first-order valence-corrected chi connectivity index (χ1v) is 12.6. The van der Waals surface area contributed by atoms with E-state index in [9.17, 15) is 13.2 Å². The van der Waals surface area contributed by atoms with Crippen molar-refractivity contribution in [2.45, 2.75) is 38.8 Å². The van der Waals surface area contributed by atoms with E-state index in [0.29, 0.717) is 17.3 Å². The van der Waals surface area contributed by atoms with Crippen LogP contribution in [0.3, 0.4) is 0 Å². The quantitative estimate of drug-likeness (QED) is 0.408. The molecule has 0 atom stereocenters. The summed E-state index contributed by atoms with van der Waals surface area (Å²) in [6.45, 7) is 6.06. The van der Waals surface area contributed by atoms with Gasteiger partial charge in [-0.05, 0) is 43.2 Å². The molecule has 8 nitrogen and oxygen atoms in total. The van der Waals surface area contributed by atoms with E-state index in [1.807, 2.05) is 19.9 Å². The number of sulfone groups is 1. The van der Waals surface area contributed by atoms with Crippen LogP contribution < -0.4 is 5.32 Å². The van der Waals surface area contributed by atoms with Gasteiger partial charge >= 0.3 is 5.97 Å². The summed E-state index contributed by atoms with van der Waals surface area (Å²) in [5, 5.41) is 8.94. The topological polar surface area (TPSA) is 103 Å². The lowest BCUT2D eigenvalue weighted by Crippen LogP contribution is -2.13. The van der Waals surface area contributed by atoms with Crippen LogP contribution in [0.1, 0.15) is 23.7 Å². The number of pyridine rings is 1. The third-order valence-electron chi connectivity index (χ3n) is 5.29. The minimum absolute atomic E-state index is 0.00258. The molecule has 0 aliphatic rings. The first-order valence-electron chi connectivity index (χ1n) is 10.1. The summed E-state index contributed by atoms with van der Waals surface area (Å²) in [7, 11) is -1.88. The number of carbonyl (C=O) groups excluding carboxylic acids is 1. The van der Waals surface area contributed by atoms with Crippen LogP contribution in [0.4, 0.5) is 5.82 Å². The number of nitrogens with zero attached hydrogens (tertiary/aromatic N) is 3. The van der Waals surface area contributed by atoms with Crippen molar-refractivity contribution in [3.63, 3.8) is 0 Å². The molecule has 3 heterocycles. The third kappa shape index (κ3) is 4.07. The van der Waals surface area contributed by atoms with Gasteiger partial charge in [-0.15, -0.1) is 11.3 Å². The Hall–Kier alpha value is -2.98. The smallest absolute Gasteiger partial charge is 0.327 e. The number of ether oxygens (including phenoxy) is 1. The van der Waals surface area contributed by atoms with Crippen LogP contribution >= 0.6 is 11.3 Å². The van der Waals surface area contributed by atoms with Crippen molar-refractivity contribution in [2.75, 3.05) is 18.2 Å². The Morgan fingerprint density at radius 1 is 1.22 bits per heavy atom. The third-order valence-corrected chi connectivity index (χ3v) is 8.12. The summed E-state index contributed by atoms with van der Waals surface area (Å²) in [6, 6.07) is 8.84. The zero-order valence-electron chi connectivity index (χ0n) is 18.3. The van der Waals surface area contributed by atoms with E-state index < -0.39 is 9.84 Å². The maximum Gasteiger partial charge on any atom is 0.327 e. The van der Waals surface area contributed by atoms with E-state index in [1.54, 1.807) is 35.9 Å². The Kier molecular flexibility index (Phi) is 5.91. The van der Waals surface area contributed by atoms with Crippen molar-refractivity contribution in [2.24, 2.45) is 0 Å². The van der Waals surface area contributed by atoms with Gasteiger partial charge in [-0.2, -0.15) is 5.10 Å². The highest BCUT2D eigenvalue weighted by Gasteiger charge is 2.21. The van der Waals surface area contributed by atoms with E-state index in [2.05, 4.69) is 15.4 Å². The Morgan fingerprint density at radius 2 is 1.94 bits per heavy atom. The fraction of sp³-hybridized carbons (Fsp3) is 0.318. The first kappa shape index (κ1) is 22.2. The number of fused-ring (bicyclic) bond motifs is 3. The van der Waals surface area contributed by atoms with Crippen LogP contribution in [-0.2, 0) is 32.5 Å². The average molecular weight is 473 g/mol. The second-order valence-corrected chi connectivity index (χ2v) is 10.8. The van der Waals surface area contributed by atoms with Crippen molar-refractivity contribution >= 4 is 53.4 Å². The summed E-state index contributed by atoms with van der Waals surface area (Å²) in [5.41, 5.74) is 3.78. The number of benzene rings is 1. The number of nitrogens with one attached hydrogen (secondary N) is 1. The number of aryl methyl sites for hydroxylation is 2. The number of methoxy groups -OCH3 is 1. The standard InChI is InChI=1S/C22H24N4O4S2/c1-5-32(28,29)16-8-6-15(7-9-16)11-23-21-20-19(26(25-21)12-17(27)30-4)18-13(2)10-14(3)24-22(18)31-20/h6-10H,5,11-12H2,1-4H3,(H,23,25). The molecule has 1 N–H and O–H groups in total. The Bertz CT molecular complexity index is 1420. The predicted molar refractivity (Wildman–Crippen MR) is 126 cm³/mol. The highest BCUT2D eigenvalue weighted by atomic mass is 32.2. The molecular formula is C22H24N4O4S2. The highest BCUT2D eigenvalue weighted by Crippen LogP contribution is 2.39. The van der Waals surface area contributed by atoms with Crippen molar-refractivity contribution in [3.8, 4) is 0 Å². The van der Waals surface area contributed by atoms with Crippen molar-refractivity contribution < 1.29 is 17.9 Å². The van der Waals surface area contributed by atoms with E-state index in [4.69, 9.17) is 4.74 Å². The Balaban J connectivity index is 1.71. The number of anilines is 1. The Morgan fingerprint density at radius 3 is 2.59 bits per heavy atom. The molecule has 1 aromatic carbocycles. The van der Waals surface area contributed by atoms with Gasteiger partial charge in [0.05, 0.1) is 28.0 Å². The minimum atomic E-state index is -3.23. The number of carbonyl (C=O) groups is 1. The molecule has 10 heteroatoms. The number of thiophene rings is 1. The molecule has 4 aromatic rings. The number of aromatic nitrogens is 3. The van der Waals surface area contributed by atoms with Crippen LogP contribution in [0.15, 0.2) is 35.2 Å². The molecule has 0 saturated heterocycles. The van der Waals surface area contributed by atoms with Gasteiger partial charge in [0, 0.05) is 17.6 Å². The van der Waals surface area contributed by atoms with Crippen LogP contribution in [0.25, 0.3) is 20.4 Å². The molecule has 168 valence electrons. The minimum Gasteiger partial charge on any atom is -0.468 e. The van der Waals surface area contributed by atoms with Gasteiger partial charge in [0.25, 0.3) is 0 Å². The fourth-order valence-electron chi connectivity index (χ4n) is 3.63. The normalized spacial score (nSPS) is 11.9. The van der Waals surface area contributed by atoms with E-state index >= 15 is 0 Å². The molecule has 4 rings (SSSR count). The molecule has 3 aromatic heterocycles. The molecule has 0 unspecified atom stereocenters. The van der Waals surface area contributed by atoms with E-state index in [-0.39, 0.29) is 18.3 Å². The predicted octanol–water partition coefficient (Wildman–Crippen LogP) is 3.84. The lowest BCUT2D eigenvalue weighted by atomic mass is 10.1. The Labute approximate surface area is 190 Å². The average Bonchev–Trinajstić information content (AvgIpc) is 3.29. The molecule has 0 aliphatic heterocycles. The van der Waals surface area contributed by atoms with Gasteiger partial charge in [0.2, 0.25) is 0 Å². The van der Waals surface area contributed by atoms with Gasteiger partial charge in [0.15, 0.2) is 15.7 Å². The van der Waals surface area contributed by atoms with Crippen LogP contribution in [0, 0.1) is 13.8 Å². The lowest BCUT2D eigenvalue weighted by molar-refractivity contribution is -0.141. The molecule has 0 saturated carbocycles. The maximum atomic E-state index is 12.0. The van der Waals surface area contributed by atoms with Crippen LogP contribution in [0.5, 0.6) is 0 Å². The molecule has 0 fully saturated rings. The summed E-state index contributed by atoms with van der Waals surface area (Å²) in [4.78, 5) is 17.9. The van der Waals surface area contributed by atoms with Gasteiger partial charge in [0.1, 0.15) is 11.4 Å². The largest absolute Gasteiger partial charge is 0.468 e. The number of hydrogen-bond donors (Lipinski definition) is 1. The zero-order chi connectivity index (χ0) is 23.0. The number of hydrogen-bond acceptors (Lipinski definition) is 8. The zero-order valence-corrected chi connectivity index (χ0v) is 19.9. The number of esters is 1. The second-order valence-electron chi connectivity index (χ2n) is 7.52. The SMILES string of the molecule is CCS(=O)(=O)c1ccc(CNc2nn(CC(=O)OC)c3c2sc2nc(C)cc(C)c23)cc1. The number of rotatable bonds is 7. The summed E-state index contributed by atoms with van der Waals surface area (Å²) < 4.78 is 31.5. The fourth-order valence-corrected chi connectivity index (χ4v) is 5.77. The lowest BCUT2D eigenvalue weighted by Gasteiger charge is -2.06. The molecule has 32 heavy (non-hydrogen) atoms. The van der Waals surface area contributed by atoms with Gasteiger partial charge in [-0.25, -0.2) is 18.1 Å². The van der Waals surface area contributed by atoms with Crippen molar-refractivity contribution in [3.05, 3.63) is 47.2 Å². The summed E-state index contributed by atoms with van der Waals surface area (Å²) in [6.07, 6.45) is 0. The molecule has 0 spiro atoms. The maximum absolute atomic E-state index is 12.0. The van der Waals surface area contributed by atoms with Gasteiger partial charge in [-0.1, -0.05) is 19.1 Å². The van der Waals surface area contributed by atoms with Gasteiger partial charge < -0.3 is 10.1 Å². The molecule has 0 bridgehead atoms. The monoisotopic (exact) mass is 472 g/mol. The van der Waals surface area contributed by atoms with Gasteiger partial charge in [-0.3, -0.25) is 4.79 Å². The van der Waals surface area contributed by atoms with E-state index in [0.717, 1.165) is 37.3 Å². The van der Waals surface area contributed by atoms with Crippen molar-refractivity contribution in [1.29, 1.82) is 0 Å². The molecule has 0 aliphatic carbocycles. The first-order chi connectivity index (χ1) is 15.2. The van der Waals surface area contributed by atoms with Crippen LogP contribution in [0.2, 0.25) is 0 Å². The molecular weight excluding hydrogens is 448 g/mol. The van der Waals surface area contributed by atoms with Crippen LogP contribution in [-0.4, -0.2) is 42.0 Å². The van der Waals surface area contributed by atoms with E-state index in [1.165, 1.54) is 18.4 Å². The molecule has 0 amide bonds. The molecule has 0 radical (unpaired) electrons. The summed E-state index contributed by atoms with van der Waals surface area (Å²) in [5.74, 6) is 0.332. The highest BCUT2D eigenvalue weighted by molar-refractivity contribution is 7.91. The summed E-state index contributed by atoms with van der Waals surface area (Å²) >= 11 is 1.53. The second kappa shape index (κ2) is 8.51. The van der Waals surface area contributed by atoms with Crippen molar-refractivity contribution in [1.82, 2.24) is 14.8 Å².